The van der Waals surface area contributed by atoms with Gasteiger partial charge in [0.25, 0.3) is 0 Å². The lowest BCUT2D eigenvalue weighted by molar-refractivity contribution is -0.0684. The summed E-state index contributed by atoms with van der Waals surface area (Å²) in [6.07, 6.45) is 7.33. The Morgan fingerprint density at radius 2 is 1.75 bits per heavy atom. The summed E-state index contributed by atoms with van der Waals surface area (Å²) in [7, 11) is 1.88. The lowest BCUT2D eigenvalue weighted by Gasteiger charge is -2.43. The lowest BCUT2D eigenvalue weighted by Crippen LogP contribution is -2.47. The van der Waals surface area contributed by atoms with Crippen LogP contribution < -0.4 is 5.32 Å². The summed E-state index contributed by atoms with van der Waals surface area (Å²) < 4.78 is 6.04. The summed E-state index contributed by atoms with van der Waals surface area (Å²) in [6, 6.07) is 9.38. The maximum absolute atomic E-state index is 6.04. The maximum Gasteiger partial charge on any atom is 0.0872 e. The largest absolute Gasteiger partial charge is 0.376 e. The van der Waals surface area contributed by atoms with Crippen LogP contribution in [0.1, 0.15) is 63.1 Å². The third-order valence-electron chi connectivity index (χ3n) is 4.76. The van der Waals surface area contributed by atoms with E-state index in [-0.39, 0.29) is 5.60 Å². The van der Waals surface area contributed by atoms with Crippen molar-refractivity contribution in [2.24, 2.45) is 0 Å². The predicted octanol–water partition coefficient (Wildman–Crippen LogP) is 4.25. The first-order chi connectivity index (χ1) is 9.75. The van der Waals surface area contributed by atoms with Crippen molar-refractivity contribution in [3.8, 4) is 0 Å². The van der Waals surface area contributed by atoms with Crippen LogP contribution in [0.15, 0.2) is 24.3 Å². The van der Waals surface area contributed by atoms with Crippen LogP contribution in [0.2, 0.25) is 0 Å². The molecule has 0 aliphatic heterocycles. The van der Waals surface area contributed by atoms with Gasteiger partial charge in [0.2, 0.25) is 0 Å². The number of aryl methyl sites for hydroxylation is 1. The van der Waals surface area contributed by atoms with Gasteiger partial charge < -0.3 is 10.1 Å². The van der Waals surface area contributed by atoms with Crippen LogP contribution in [-0.2, 0) is 11.2 Å². The molecule has 1 atom stereocenters. The minimum absolute atomic E-state index is 0.0258. The SMILES string of the molecule is CCNC(c1ccc(CC)cc1)C1(OC)CCCCC1. The van der Waals surface area contributed by atoms with Crippen LogP contribution in [0, 0.1) is 0 Å². The van der Waals surface area contributed by atoms with Crippen molar-refractivity contribution in [2.45, 2.75) is 64.0 Å². The molecular weight excluding hydrogens is 246 g/mol. The fourth-order valence-corrected chi connectivity index (χ4v) is 3.52. The van der Waals surface area contributed by atoms with Gasteiger partial charge >= 0.3 is 0 Å². The molecule has 2 nitrogen and oxygen atoms in total. The van der Waals surface area contributed by atoms with Gasteiger partial charge in [-0.25, -0.2) is 0 Å². The summed E-state index contributed by atoms with van der Waals surface area (Å²) in [5, 5.41) is 3.67. The van der Waals surface area contributed by atoms with Gasteiger partial charge in [-0.3, -0.25) is 0 Å². The molecule has 0 aromatic heterocycles. The maximum atomic E-state index is 6.04. The highest BCUT2D eigenvalue weighted by molar-refractivity contribution is 5.27. The summed E-state index contributed by atoms with van der Waals surface area (Å²) >= 11 is 0. The zero-order valence-electron chi connectivity index (χ0n) is 13.2. The Balaban J connectivity index is 2.27. The van der Waals surface area contributed by atoms with Crippen molar-refractivity contribution < 1.29 is 4.74 Å². The second kappa shape index (κ2) is 7.24. The molecule has 1 aromatic rings. The average Bonchev–Trinajstić information content (AvgIpc) is 2.53. The molecular formula is C18H29NO. The fraction of sp³-hybridized carbons (Fsp3) is 0.667. The summed E-state index contributed by atoms with van der Waals surface area (Å²) in [5.41, 5.74) is 2.74. The normalized spacial score (nSPS) is 19.8. The molecule has 1 aliphatic carbocycles. The van der Waals surface area contributed by atoms with Gasteiger partial charge in [-0.05, 0) is 36.9 Å². The third kappa shape index (κ3) is 3.24. The van der Waals surface area contributed by atoms with Crippen LogP contribution in [0.4, 0.5) is 0 Å². The zero-order chi connectivity index (χ0) is 14.4. The van der Waals surface area contributed by atoms with Crippen LogP contribution in [0.3, 0.4) is 0 Å². The minimum atomic E-state index is -0.0258. The quantitative estimate of drug-likeness (QED) is 0.838. The van der Waals surface area contributed by atoms with Gasteiger partial charge in [0, 0.05) is 7.11 Å². The Morgan fingerprint density at radius 3 is 2.25 bits per heavy atom. The molecule has 2 rings (SSSR count). The molecule has 0 amide bonds. The number of methoxy groups -OCH3 is 1. The molecule has 2 heteroatoms. The van der Waals surface area contributed by atoms with E-state index in [9.17, 15) is 0 Å². The van der Waals surface area contributed by atoms with E-state index in [1.807, 2.05) is 7.11 Å². The second-order valence-electron chi connectivity index (χ2n) is 5.92. The number of nitrogens with one attached hydrogen (secondary N) is 1. The van der Waals surface area contributed by atoms with Crippen molar-refractivity contribution >= 4 is 0 Å². The van der Waals surface area contributed by atoms with E-state index < -0.39 is 0 Å². The van der Waals surface area contributed by atoms with Crippen molar-refractivity contribution in [2.75, 3.05) is 13.7 Å². The van der Waals surface area contributed by atoms with Crippen LogP contribution in [-0.4, -0.2) is 19.3 Å². The smallest absolute Gasteiger partial charge is 0.0872 e. The Bertz CT molecular complexity index is 392. The topological polar surface area (TPSA) is 21.3 Å². The van der Waals surface area contributed by atoms with Crippen LogP contribution in [0.5, 0.6) is 0 Å². The Morgan fingerprint density at radius 1 is 1.10 bits per heavy atom. The van der Waals surface area contributed by atoms with E-state index in [4.69, 9.17) is 4.74 Å². The molecule has 0 radical (unpaired) electrons. The molecule has 1 saturated carbocycles. The molecule has 0 spiro atoms. The van der Waals surface area contributed by atoms with Crippen molar-refractivity contribution in [1.82, 2.24) is 5.32 Å². The number of hydrogen-bond acceptors (Lipinski definition) is 2. The van der Waals surface area contributed by atoms with E-state index in [1.54, 1.807) is 0 Å². The standard InChI is InChI=1S/C18H29NO/c1-4-15-9-11-16(12-10-15)17(19-5-2)18(20-3)13-7-6-8-14-18/h9-12,17,19H,4-8,13-14H2,1-3H3. The average molecular weight is 275 g/mol. The molecule has 0 saturated heterocycles. The summed E-state index contributed by atoms with van der Waals surface area (Å²) in [6.45, 7) is 5.36. The van der Waals surface area contributed by atoms with Crippen LogP contribution >= 0.6 is 0 Å². The molecule has 112 valence electrons. The molecule has 0 bridgehead atoms. The zero-order valence-corrected chi connectivity index (χ0v) is 13.2. The Labute approximate surface area is 123 Å². The molecule has 1 unspecified atom stereocenters. The van der Waals surface area contributed by atoms with Gasteiger partial charge in [0.1, 0.15) is 0 Å². The van der Waals surface area contributed by atoms with E-state index in [0.717, 1.165) is 25.8 Å². The fourth-order valence-electron chi connectivity index (χ4n) is 3.52. The first kappa shape index (κ1) is 15.5. The number of benzene rings is 1. The minimum Gasteiger partial charge on any atom is -0.376 e. The molecule has 1 N–H and O–H groups in total. The van der Waals surface area contributed by atoms with Gasteiger partial charge in [-0.1, -0.05) is 57.4 Å². The van der Waals surface area contributed by atoms with Gasteiger partial charge in [-0.15, -0.1) is 0 Å². The van der Waals surface area contributed by atoms with E-state index in [1.165, 1.54) is 30.4 Å². The number of ether oxygens (including phenoxy) is 1. The van der Waals surface area contributed by atoms with E-state index in [0.29, 0.717) is 6.04 Å². The number of rotatable bonds is 6. The molecule has 20 heavy (non-hydrogen) atoms. The monoisotopic (exact) mass is 275 g/mol. The van der Waals surface area contributed by atoms with Crippen molar-refractivity contribution in [3.63, 3.8) is 0 Å². The highest BCUT2D eigenvalue weighted by Crippen LogP contribution is 2.41. The Kier molecular flexibility index (Phi) is 5.62. The number of hydrogen-bond donors (Lipinski definition) is 1. The second-order valence-corrected chi connectivity index (χ2v) is 5.92. The first-order valence-electron chi connectivity index (χ1n) is 8.13. The lowest BCUT2D eigenvalue weighted by atomic mass is 9.76. The molecule has 1 aromatic carbocycles. The highest BCUT2D eigenvalue weighted by atomic mass is 16.5. The van der Waals surface area contributed by atoms with Gasteiger partial charge in [0.05, 0.1) is 11.6 Å². The van der Waals surface area contributed by atoms with Gasteiger partial charge in [-0.2, -0.15) is 0 Å². The predicted molar refractivity (Wildman–Crippen MR) is 85.1 cm³/mol. The van der Waals surface area contributed by atoms with Crippen molar-refractivity contribution in [1.29, 1.82) is 0 Å². The summed E-state index contributed by atoms with van der Waals surface area (Å²) in [5.74, 6) is 0. The molecule has 0 heterocycles. The van der Waals surface area contributed by atoms with Crippen molar-refractivity contribution in [3.05, 3.63) is 35.4 Å². The summed E-state index contributed by atoms with van der Waals surface area (Å²) in [4.78, 5) is 0. The number of likely N-dealkylation sites (N-methyl/N-ethyl adjacent to an activating group) is 1. The van der Waals surface area contributed by atoms with Gasteiger partial charge in [0.15, 0.2) is 0 Å². The van der Waals surface area contributed by atoms with E-state index >= 15 is 0 Å². The Hall–Kier alpha value is -0.860. The highest BCUT2D eigenvalue weighted by Gasteiger charge is 2.40. The molecule has 1 fully saturated rings. The van der Waals surface area contributed by atoms with E-state index in [2.05, 4.69) is 43.4 Å². The first-order valence-corrected chi connectivity index (χ1v) is 8.13. The third-order valence-corrected chi connectivity index (χ3v) is 4.76. The van der Waals surface area contributed by atoms with Crippen LogP contribution in [0.25, 0.3) is 0 Å². The molecule has 1 aliphatic rings.